The van der Waals surface area contributed by atoms with Crippen molar-refractivity contribution in [1.29, 1.82) is 0 Å². The fourth-order valence-corrected chi connectivity index (χ4v) is 3.91. The zero-order valence-electron chi connectivity index (χ0n) is 17.7. The molecule has 3 rings (SSSR count). The molecule has 0 aliphatic carbocycles. The molecule has 166 valence electrons. The van der Waals surface area contributed by atoms with E-state index in [1.807, 2.05) is 39.0 Å². The van der Waals surface area contributed by atoms with Crippen LogP contribution in [0.4, 0.5) is 4.39 Å². The van der Waals surface area contributed by atoms with Crippen molar-refractivity contribution in [1.82, 2.24) is 10.2 Å². The average Bonchev–Trinajstić information content (AvgIpc) is 3.19. The van der Waals surface area contributed by atoms with E-state index < -0.39 is 18.0 Å². The minimum Gasteiger partial charge on any atom is -0.491 e. The zero-order chi connectivity index (χ0) is 22.7. The van der Waals surface area contributed by atoms with E-state index in [4.69, 9.17) is 26.8 Å². The van der Waals surface area contributed by atoms with Crippen molar-refractivity contribution in [3.8, 4) is 32.6 Å². The number of nitrogens with zero attached hydrogens (tertiary/aromatic N) is 2. The molecule has 0 aliphatic rings. The lowest BCUT2D eigenvalue weighted by Crippen LogP contribution is -2.38. The van der Waals surface area contributed by atoms with Crippen molar-refractivity contribution in [3.05, 3.63) is 46.7 Å². The molecule has 3 aromatic rings. The van der Waals surface area contributed by atoms with Gasteiger partial charge in [0.2, 0.25) is 0 Å². The minimum absolute atomic E-state index is 0.0362. The molecule has 0 fully saturated rings. The zero-order valence-corrected chi connectivity index (χ0v) is 19.3. The molecule has 2 aromatic carbocycles. The van der Waals surface area contributed by atoms with E-state index >= 15 is 0 Å². The molecule has 2 atom stereocenters. The average molecular weight is 466 g/mol. The summed E-state index contributed by atoms with van der Waals surface area (Å²) < 4.78 is 25.7. The smallest absolute Gasteiger partial charge is 0.165 e. The SMILES string of the molecule is Cc1cc(-c2nnc(-c3cc(F)c(OC[C@H](N)[C@H](C)O)cc3Cl)s2)ccc1OC(C)C. The third-order valence-electron chi connectivity index (χ3n) is 4.51. The van der Waals surface area contributed by atoms with Gasteiger partial charge in [0.1, 0.15) is 22.4 Å². The Morgan fingerprint density at radius 3 is 2.48 bits per heavy atom. The van der Waals surface area contributed by atoms with Gasteiger partial charge < -0.3 is 20.3 Å². The first-order chi connectivity index (χ1) is 14.7. The molecule has 0 amide bonds. The molecule has 0 saturated heterocycles. The lowest BCUT2D eigenvalue weighted by atomic mass is 10.1. The van der Waals surface area contributed by atoms with Crippen molar-refractivity contribution in [3.63, 3.8) is 0 Å². The Hall–Kier alpha value is -2.26. The highest BCUT2D eigenvalue weighted by Gasteiger charge is 2.18. The monoisotopic (exact) mass is 465 g/mol. The first kappa shape index (κ1) is 23.4. The number of hydrogen-bond donors (Lipinski definition) is 2. The third kappa shape index (κ3) is 5.71. The predicted octanol–water partition coefficient (Wildman–Crippen LogP) is 4.85. The summed E-state index contributed by atoms with van der Waals surface area (Å²) in [4.78, 5) is 0. The molecule has 0 saturated carbocycles. The van der Waals surface area contributed by atoms with Gasteiger partial charge in [0, 0.05) is 17.2 Å². The van der Waals surface area contributed by atoms with E-state index in [1.165, 1.54) is 23.5 Å². The fourth-order valence-electron chi connectivity index (χ4n) is 2.75. The highest BCUT2D eigenvalue weighted by Crippen LogP contribution is 2.37. The van der Waals surface area contributed by atoms with Crippen LogP contribution in [0.25, 0.3) is 21.1 Å². The van der Waals surface area contributed by atoms with Gasteiger partial charge in [-0.3, -0.25) is 0 Å². The summed E-state index contributed by atoms with van der Waals surface area (Å²) >= 11 is 7.67. The number of ether oxygens (including phenoxy) is 2. The normalized spacial score (nSPS) is 13.3. The van der Waals surface area contributed by atoms with Crippen LogP contribution < -0.4 is 15.2 Å². The van der Waals surface area contributed by atoms with Crippen molar-refractivity contribution in [2.24, 2.45) is 5.73 Å². The second-order valence-electron chi connectivity index (χ2n) is 7.54. The number of aliphatic hydroxyl groups is 1. The van der Waals surface area contributed by atoms with Crippen molar-refractivity contribution in [2.45, 2.75) is 45.9 Å². The number of aromatic nitrogens is 2. The summed E-state index contributed by atoms with van der Waals surface area (Å²) in [6, 6.07) is 7.81. The number of aliphatic hydroxyl groups excluding tert-OH is 1. The first-order valence-corrected chi connectivity index (χ1v) is 11.0. The lowest BCUT2D eigenvalue weighted by Gasteiger charge is -2.16. The molecule has 1 aromatic heterocycles. The maximum absolute atomic E-state index is 14.6. The molecule has 0 aliphatic heterocycles. The molecule has 0 bridgehead atoms. The molecule has 0 spiro atoms. The highest BCUT2D eigenvalue weighted by molar-refractivity contribution is 7.18. The number of aryl methyl sites for hydroxylation is 1. The van der Waals surface area contributed by atoms with E-state index in [-0.39, 0.29) is 23.5 Å². The van der Waals surface area contributed by atoms with Gasteiger partial charge in [-0.2, -0.15) is 0 Å². The van der Waals surface area contributed by atoms with Crippen LogP contribution in [0.2, 0.25) is 5.02 Å². The Morgan fingerprint density at radius 1 is 1.13 bits per heavy atom. The van der Waals surface area contributed by atoms with Gasteiger partial charge in [0.25, 0.3) is 0 Å². The largest absolute Gasteiger partial charge is 0.491 e. The number of nitrogens with two attached hydrogens (primary N) is 1. The maximum Gasteiger partial charge on any atom is 0.165 e. The van der Waals surface area contributed by atoms with Gasteiger partial charge in [-0.05, 0) is 57.5 Å². The highest BCUT2D eigenvalue weighted by atomic mass is 35.5. The van der Waals surface area contributed by atoms with E-state index in [2.05, 4.69) is 10.2 Å². The number of hydrogen-bond acceptors (Lipinski definition) is 7. The van der Waals surface area contributed by atoms with Crippen molar-refractivity contribution in [2.75, 3.05) is 6.61 Å². The van der Waals surface area contributed by atoms with E-state index in [1.54, 1.807) is 6.92 Å². The van der Waals surface area contributed by atoms with Crippen LogP contribution in [-0.4, -0.2) is 40.2 Å². The van der Waals surface area contributed by atoms with E-state index in [0.717, 1.165) is 16.9 Å². The Bertz CT molecular complexity index is 1060. The van der Waals surface area contributed by atoms with Gasteiger partial charge in [-0.1, -0.05) is 22.9 Å². The van der Waals surface area contributed by atoms with Crippen molar-refractivity contribution < 1.29 is 19.0 Å². The van der Waals surface area contributed by atoms with Crippen LogP contribution in [0.5, 0.6) is 11.5 Å². The van der Waals surface area contributed by atoms with E-state index in [0.29, 0.717) is 15.6 Å². The number of rotatable bonds is 8. The number of halogens is 2. The molecule has 6 nitrogen and oxygen atoms in total. The van der Waals surface area contributed by atoms with Crippen LogP contribution in [0.1, 0.15) is 26.3 Å². The van der Waals surface area contributed by atoms with Crippen molar-refractivity contribution >= 4 is 22.9 Å². The molecule has 1 heterocycles. The van der Waals surface area contributed by atoms with Crippen LogP contribution in [0.15, 0.2) is 30.3 Å². The Kier molecular flexibility index (Phi) is 7.48. The second-order valence-corrected chi connectivity index (χ2v) is 8.92. The van der Waals surface area contributed by atoms with E-state index in [9.17, 15) is 9.50 Å². The Labute approximate surface area is 189 Å². The summed E-state index contributed by atoms with van der Waals surface area (Å²) in [5.41, 5.74) is 8.02. The molecular formula is C22H25ClFN3O3S. The van der Waals surface area contributed by atoms with Crippen LogP contribution in [0.3, 0.4) is 0 Å². The topological polar surface area (TPSA) is 90.5 Å². The van der Waals surface area contributed by atoms with Crippen LogP contribution in [0, 0.1) is 12.7 Å². The maximum atomic E-state index is 14.6. The van der Waals surface area contributed by atoms with Gasteiger partial charge in [-0.15, -0.1) is 10.2 Å². The fraction of sp³-hybridized carbons (Fsp3) is 0.364. The predicted molar refractivity (Wildman–Crippen MR) is 121 cm³/mol. The third-order valence-corrected chi connectivity index (χ3v) is 5.83. The first-order valence-electron chi connectivity index (χ1n) is 9.82. The Balaban J connectivity index is 1.82. The second kappa shape index (κ2) is 9.91. The van der Waals surface area contributed by atoms with Crippen LogP contribution >= 0.6 is 22.9 Å². The minimum atomic E-state index is -0.771. The molecule has 3 N–H and O–H groups in total. The quantitative estimate of drug-likeness (QED) is 0.494. The summed E-state index contributed by atoms with van der Waals surface area (Å²) in [5, 5.41) is 19.3. The van der Waals surface area contributed by atoms with Gasteiger partial charge in [0.05, 0.1) is 23.3 Å². The molecular weight excluding hydrogens is 441 g/mol. The standard InChI is InChI=1S/C22H25ClFN3O3S/c1-11(2)30-19-6-5-14(7-12(19)3)21-26-27-22(31-21)15-8-17(24)20(9-16(15)23)29-10-18(25)13(4)28/h5-9,11,13,18,28H,10,25H2,1-4H3/t13-,18-/m0/s1. The summed E-state index contributed by atoms with van der Waals surface area (Å²) in [6.07, 6.45) is -0.684. The number of benzene rings is 2. The van der Waals surface area contributed by atoms with Crippen LogP contribution in [-0.2, 0) is 0 Å². The molecule has 31 heavy (non-hydrogen) atoms. The molecule has 0 unspecified atom stereocenters. The summed E-state index contributed by atoms with van der Waals surface area (Å²) in [5.74, 6) is 0.186. The van der Waals surface area contributed by atoms with Gasteiger partial charge >= 0.3 is 0 Å². The molecule has 0 radical (unpaired) electrons. The van der Waals surface area contributed by atoms with Gasteiger partial charge in [-0.25, -0.2) is 4.39 Å². The summed E-state index contributed by atoms with van der Waals surface area (Å²) in [6.45, 7) is 7.43. The lowest BCUT2D eigenvalue weighted by molar-refractivity contribution is 0.129. The Morgan fingerprint density at radius 2 is 1.84 bits per heavy atom. The van der Waals surface area contributed by atoms with Gasteiger partial charge in [0.15, 0.2) is 11.6 Å². The summed E-state index contributed by atoms with van der Waals surface area (Å²) in [7, 11) is 0. The molecule has 9 heteroatoms.